The van der Waals surface area contributed by atoms with Crippen molar-refractivity contribution in [2.24, 2.45) is 0 Å². The molecular weight excluding hydrogens is 336 g/mol. The highest BCUT2D eigenvalue weighted by Gasteiger charge is 2.16. The number of carbonyl (C=O) groups is 1. The first-order valence-electron chi connectivity index (χ1n) is 7.91. The fraction of sp³-hybridized carbons (Fsp3) is 0.211. The number of aromatic nitrogens is 2. The van der Waals surface area contributed by atoms with Crippen LogP contribution in [0.2, 0.25) is 0 Å². The summed E-state index contributed by atoms with van der Waals surface area (Å²) in [6.45, 7) is 1.70. The second kappa shape index (κ2) is 7.26. The summed E-state index contributed by atoms with van der Waals surface area (Å²) < 4.78 is 17.1. The molecule has 0 aliphatic rings. The lowest BCUT2D eigenvalue weighted by Crippen LogP contribution is -2.18. The number of hydrogen-bond acceptors (Lipinski definition) is 6. The average Bonchev–Trinajstić information content (AvgIpc) is 2.65. The van der Waals surface area contributed by atoms with Gasteiger partial charge in [0.1, 0.15) is 29.3 Å². The highest BCUT2D eigenvalue weighted by molar-refractivity contribution is 5.93. The van der Waals surface area contributed by atoms with Gasteiger partial charge in [0.25, 0.3) is 5.56 Å². The van der Waals surface area contributed by atoms with Gasteiger partial charge in [-0.3, -0.25) is 9.20 Å². The van der Waals surface area contributed by atoms with Crippen LogP contribution in [0.3, 0.4) is 0 Å². The van der Waals surface area contributed by atoms with Gasteiger partial charge in [-0.25, -0.2) is 9.78 Å². The highest BCUT2D eigenvalue weighted by Crippen LogP contribution is 2.24. The van der Waals surface area contributed by atoms with Crippen molar-refractivity contribution in [2.75, 3.05) is 14.2 Å². The minimum atomic E-state index is -0.591. The maximum atomic E-state index is 12.4. The van der Waals surface area contributed by atoms with E-state index in [1.54, 1.807) is 18.2 Å². The van der Waals surface area contributed by atoms with Crippen molar-refractivity contribution in [1.82, 2.24) is 9.38 Å². The van der Waals surface area contributed by atoms with Crippen LogP contribution in [0, 0.1) is 6.92 Å². The summed E-state index contributed by atoms with van der Waals surface area (Å²) in [5.41, 5.74) is 1.67. The van der Waals surface area contributed by atoms with Gasteiger partial charge < -0.3 is 14.2 Å². The van der Waals surface area contributed by atoms with E-state index in [0.717, 1.165) is 5.69 Å². The molecule has 7 heteroatoms. The summed E-state index contributed by atoms with van der Waals surface area (Å²) in [6, 6.07) is 11.6. The van der Waals surface area contributed by atoms with Crippen LogP contribution in [0.15, 0.2) is 47.3 Å². The Balaban J connectivity index is 1.84. The Kier molecular flexibility index (Phi) is 4.88. The number of rotatable bonds is 5. The number of carbonyl (C=O) groups excluding carboxylic acids is 1. The molecule has 0 aliphatic carbocycles. The van der Waals surface area contributed by atoms with Crippen LogP contribution >= 0.6 is 0 Å². The van der Waals surface area contributed by atoms with E-state index in [2.05, 4.69) is 4.98 Å². The summed E-state index contributed by atoms with van der Waals surface area (Å²) in [5, 5.41) is 0. The maximum absolute atomic E-state index is 12.4. The van der Waals surface area contributed by atoms with E-state index in [0.29, 0.717) is 22.8 Å². The monoisotopic (exact) mass is 354 g/mol. The number of methoxy groups -OCH3 is 2. The number of nitrogens with zero attached hydrogens (tertiary/aromatic N) is 2. The van der Waals surface area contributed by atoms with Crippen molar-refractivity contribution in [2.45, 2.75) is 13.5 Å². The molecule has 0 atom stereocenters. The van der Waals surface area contributed by atoms with Gasteiger partial charge in [0.05, 0.1) is 19.9 Å². The molecule has 1 aromatic carbocycles. The van der Waals surface area contributed by atoms with Crippen molar-refractivity contribution >= 4 is 11.6 Å². The maximum Gasteiger partial charge on any atom is 0.342 e. The second-order valence-corrected chi connectivity index (χ2v) is 5.59. The van der Waals surface area contributed by atoms with E-state index >= 15 is 0 Å². The van der Waals surface area contributed by atoms with E-state index < -0.39 is 5.97 Å². The molecule has 0 fully saturated rings. The van der Waals surface area contributed by atoms with Crippen LogP contribution in [0.1, 0.15) is 21.7 Å². The Hall–Kier alpha value is -3.35. The second-order valence-electron chi connectivity index (χ2n) is 5.59. The topological polar surface area (TPSA) is 79.1 Å². The van der Waals surface area contributed by atoms with Crippen LogP contribution in [0.4, 0.5) is 0 Å². The van der Waals surface area contributed by atoms with Gasteiger partial charge in [0.2, 0.25) is 0 Å². The molecule has 3 aromatic rings. The summed E-state index contributed by atoms with van der Waals surface area (Å²) in [4.78, 5) is 29.0. The molecule has 134 valence electrons. The first kappa shape index (κ1) is 17.5. The van der Waals surface area contributed by atoms with Crippen molar-refractivity contribution in [1.29, 1.82) is 0 Å². The first-order chi connectivity index (χ1) is 12.5. The molecular formula is C19H18N2O5. The molecule has 0 N–H and O–H groups in total. The van der Waals surface area contributed by atoms with E-state index in [1.165, 1.54) is 30.8 Å². The van der Waals surface area contributed by atoms with Gasteiger partial charge in [-0.2, -0.15) is 0 Å². The van der Waals surface area contributed by atoms with E-state index in [9.17, 15) is 9.59 Å². The Morgan fingerprint density at radius 3 is 2.65 bits per heavy atom. The fourth-order valence-electron chi connectivity index (χ4n) is 2.63. The zero-order chi connectivity index (χ0) is 18.7. The molecule has 3 rings (SSSR count). The molecule has 0 unspecified atom stereocenters. The van der Waals surface area contributed by atoms with Crippen LogP contribution in [0.25, 0.3) is 5.65 Å². The van der Waals surface area contributed by atoms with E-state index in [1.807, 2.05) is 19.1 Å². The minimum Gasteiger partial charge on any atom is -0.497 e. The molecule has 0 amide bonds. The van der Waals surface area contributed by atoms with Gasteiger partial charge in [0.15, 0.2) is 0 Å². The normalized spacial score (nSPS) is 10.6. The number of aryl methyl sites for hydroxylation is 1. The Labute approximate surface area is 149 Å². The van der Waals surface area contributed by atoms with E-state index in [4.69, 9.17) is 14.2 Å². The summed E-state index contributed by atoms with van der Waals surface area (Å²) in [7, 11) is 2.97. The first-order valence-corrected chi connectivity index (χ1v) is 7.91. The summed E-state index contributed by atoms with van der Waals surface area (Å²) in [6.07, 6.45) is 0. The molecule has 2 aromatic heterocycles. The van der Waals surface area contributed by atoms with Crippen molar-refractivity contribution in [3.05, 3.63) is 69.8 Å². The molecule has 0 bridgehead atoms. The zero-order valence-electron chi connectivity index (χ0n) is 14.7. The van der Waals surface area contributed by atoms with Crippen LogP contribution < -0.4 is 15.0 Å². The zero-order valence-corrected chi connectivity index (χ0v) is 14.7. The standard InChI is InChI=1S/C19H18N2O5/c1-12-5-4-6-17-20-13(9-18(22)21(12)17)11-26-19(23)15-10-14(24-2)7-8-16(15)25-3/h4-10H,11H2,1-3H3. The van der Waals surface area contributed by atoms with Gasteiger partial charge in [-0.15, -0.1) is 0 Å². The minimum absolute atomic E-state index is 0.126. The number of esters is 1. The van der Waals surface area contributed by atoms with E-state index in [-0.39, 0.29) is 17.7 Å². The lowest BCUT2D eigenvalue weighted by atomic mass is 10.2. The third-order valence-corrected chi connectivity index (χ3v) is 3.91. The van der Waals surface area contributed by atoms with Crippen LogP contribution in [-0.2, 0) is 11.3 Å². The van der Waals surface area contributed by atoms with Crippen molar-refractivity contribution < 1.29 is 19.0 Å². The smallest absolute Gasteiger partial charge is 0.342 e. The Morgan fingerprint density at radius 1 is 1.12 bits per heavy atom. The number of benzene rings is 1. The van der Waals surface area contributed by atoms with Gasteiger partial charge in [-0.1, -0.05) is 6.07 Å². The highest BCUT2D eigenvalue weighted by atomic mass is 16.5. The molecule has 0 spiro atoms. The molecule has 0 saturated heterocycles. The molecule has 0 radical (unpaired) electrons. The third-order valence-electron chi connectivity index (χ3n) is 3.91. The lowest BCUT2D eigenvalue weighted by Gasteiger charge is -2.11. The predicted molar refractivity (Wildman–Crippen MR) is 94.9 cm³/mol. The number of fused-ring (bicyclic) bond motifs is 1. The summed E-state index contributed by atoms with van der Waals surface area (Å²) in [5.74, 6) is 0.292. The van der Waals surface area contributed by atoms with Gasteiger partial charge in [-0.05, 0) is 37.3 Å². The van der Waals surface area contributed by atoms with Crippen molar-refractivity contribution in [3.63, 3.8) is 0 Å². The third kappa shape index (κ3) is 3.37. The number of ether oxygens (including phenoxy) is 3. The fourth-order valence-corrected chi connectivity index (χ4v) is 2.63. The lowest BCUT2D eigenvalue weighted by molar-refractivity contribution is 0.0463. The van der Waals surface area contributed by atoms with Gasteiger partial charge >= 0.3 is 5.97 Å². The molecule has 26 heavy (non-hydrogen) atoms. The SMILES string of the molecule is COc1ccc(OC)c(C(=O)OCc2cc(=O)n3c(C)cccc3n2)c1. The Bertz CT molecular complexity index is 1030. The Morgan fingerprint density at radius 2 is 1.92 bits per heavy atom. The van der Waals surface area contributed by atoms with Crippen LogP contribution in [-0.4, -0.2) is 29.6 Å². The van der Waals surface area contributed by atoms with Gasteiger partial charge in [0, 0.05) is 11.8 Å². The molecule has 0 saturated carbocycles. The quantitative estimate of drug-likeness (QED) is 0.655. The predicted octanol–water partition coefficient (Wildman–Crippen LogP) is 2.38. The number of pyridine rings is 1. The summed E-state index contributed by atoms with van der Waals surface area (Å²) >= 11 is 0. The van der Waals surface area contributed by atoms with Crippen molar-refractivity contribution in [3.8, 4) is 11.5 Å². The van der Waals surface area contributed by atoms with Crippen LogP contribution in [0.5, 0.6) is 11.5 Å². The number of hydrogen-bond donors (Lipinski definition) is 0. The molecule has 2 heterocycles. The average molecular weight is 354 g/mol. The largest absolute Gasteiger partial charge is 0.497 e. The molecule has 7 nitrogen and oxygen atoms in total. The molecule has 0 aliphatic heterocycles.